The molecule has 196 valence electrons. The molecule has 4 aliphatic carbocycles. The first-order chi connectivity index (χ1) is 16.3. The molecular formula is C33H52O2. The van der Waals surface area contributed by atoms with Gasteiger partial charge in [0.15, 0.2) is 0 Å². The van der Waals surface area contributed by atoms with Crippen LogP contribution < -0.4 is 0 Å². The smallest absolute Gasteiger partial charge is 0.302 e. The molecule has 0 bridgehead atoms. The average molecular weight is 481 g/mol. The van der Waals surface area contributed by atoms with E-state index in [4.69, 9.17) is 4.74 Å². The van der Waals surface area contributed by atoms with Gasteiger partial charge in [0.1, 0.15) is 6.10 Å². The van der Waals surface area contributed by atoms with E-state index in [2.05, 4.69) is 73.3 Å². The minimum atomic E-state index is -0.126. The van der Waals surface area contributed by atoms with Crippen molar-refractivity contribution in [2.24, 2.45) is 51.8 Å². The molecule has 0 saturated heterocycles. The number of rotatable bonds is 6. The number of hydrogen-bond acceptors (Lipinski definition) is 2. The third kappa shape index (κ3) is 4.73. The maximum absolute atomic E-state index is 11.5. The van der Waals surface area contributed by atoms with Crippen LogP contribution in [0.3, 0.4) is 0 Å². The van der Waals surface area contributed by atoms with E-state index < -0.39 is 0 Å². The molecule has 0 amide bonds. The number of allylic oxidation sites excluding steroid dienone is 4. The zero-order chi connectivity index (χ0) is 25.8. The Bertz CT molecular complexity index is 891. The highest BCUT2D eigenvalue weighted by atomic mass is 16.5. The highest BCUT2D eigenvalue weighted by Gasteiger charge is 2.59. The molecule has 0 unspecified atom stereocenters. The van der Waals surface area contributed by atoms with E-state index in [-0.39, 0.29) is 17.5 Å². The number of carbonyl (C=O) groups is 1. The minimum Gasteiger partial charge on any atom is -0.462 e. The van der Waals surface area contributed by atoms with Crippen molar-refractivity contribution in [1.82, 2.24) is 0 Å². The van der Waals surface area contributed by atoms with E-state index in [0.29, 0.717) is 22.7 Å². The second kappa shape index (κ2) is 9.53. The molecule has 0 aromatic heterocycles. The van der Waals surface area contributed by atoms with Gasteiger partial charge in [-0.3, -0.25) is 4.79 Å². The van der Waals surface area contributed by atoms with Crippen LogP contribution in [0.4, 0.5) is 0 Å². The first kappa shape index (κ1) is 26.7. The molecule has 0 radical (unpaired) electrons. The number of fused-ring (bicyclic) bond motifs is 5. The van der Waals surface area contributed by atoms with Crippen molar-refractivity contribution < 1.29 is 9.53 Å². The lowest BCUT2D eigenvalue weighted by Crippen LogP contribution is -2.51. The summed E-state index contributed by atoms with van der Waals surface area (Å²) < 4.78 is 5.63. The van der Waals surface area contributed by atoms with Crippen LogP contribution in [0.2, 0.25) is 0 Å². The van der Waals surface area contributed by atoms with Gasteiger partial charge >= 0.3 is 5.97 Å². The van der Waals surface area contributed by atoms with Gasteiger partial charge in [-0.15, -0.1) is 0 Å². The monoisotopic (exact) mass is 480 g/mol. The fraction of sp³-hybridized carbons (Fsp3) is 0.788. The molecule has 35 heavy (non-hydrogen) atoms. The van der Waals surface area contributed by atoms with Crippen LogP contribution in [0.25, 0.3) is 0 Å². The minimum absolute atomic E-state index is 0.0586. The van der Waals surface area contributed by atoms with Crippen LogP contribution >= 0.6 is 0 Å². The standard InChI is InChI=1S/C33H52O2/c1-21(2)23(4)31(6,7)17-14-22(3)28-12-13-29-27-11-10-25-20-26(35-24(5)34)15-18-32(25,8)30(27)16-19-33(28,29)9/h10,14,17,21-22,26-30H,4,11-13,15-16,18-20H2,1-3,5-9H3/b17-14+/t22-,26-,27-,28+,29-,30-,32-,33+/m0/s1. The van der Waals surface area contributed by atoms with E-state index in [1.807, 2.05) is 0 Å². The molecule has 3 fully saturated rings. The number of ether oxygens (including phenoxy) is 1. The molecular weight excluding hydrogens is 428 g/mol. The third-order valence-electron chi connectivity index (χ3n) is 11.4. The second-order valence-corrected chi connectivity index (χ2v) is 14.1. The van der Waals surface area contributed by atoms with Gasteiger partial charge in [0, 0.05) is 18.8 Å². The molecule has 0 aliphatic heterocycles. The first-order valence-corrected chi connectivity index (χ1v) is 14.5. The summed E-state index contributed by atoms with van der Waals surface area (Å²) in [5, 5.41) is 0. The summed E-state index contributed by atoms with van der Waals surface area (Å²) in [6.45, 7) is 22.8. The van der Waals surface area contributed by atoms with Crippen LogP contribution in [0.1, 0.15) is 107 Å². The molecule has 0 spiro atoms. The Morgan fingerprint density at radius 3 is 2.49 bits per heavy atom. The predicted molar refractivity (Wildman–Crippen MR) is 147 cm³/mol. The number of hydrogen-bond donors (Lipinski definition) is 0. The summed E-state index contributed by atoms with van der Waals surface area (Å²) in [5.41, 5.74) is 3.76. The van der Waals surface area contributed by atoms with Crippen molar-refractivity contribution in [3.8, 4) is 0 Å². The molecule has 0 aromatic carbocycles. The van der Waals surface area contributed by atoms with Crippen LogP contribution in [0.5, 0.6) is 0 Å². The Labute approximate surface area is 216 Å². The summed E-state index contributed by atoms with van der Waals surface area (Å²) in [5.74, 6) is 4.27. The Kier molecular flexibility index (Phi) is 7.28. The Balaban J connectivity index is 1.50. The van der Waals surface area contributed by atoms with Gasteiger partial charge < -0.3 is 4.74 Å². The van der Waals surface area contributed by atoms with Crippen LogP contribution in [0.15, 0.2) is 36.0 Å². The van der Waals surface area contributed by atoms with E-state index in [1.54, 1.807) is 12.5 Å². The first-order valence-electron chi connectivity index (χ1n) is 14.5. The molecule has 0 aromatic rings. The SMILES string of the molecule is C=C(C(C)C)C(C)(C)/C=C/[C@H](C)[C@H]1CC[C@H]2[C@@H]3CC=C4C[C@@H](OC(C)=O)CC[C@]4(C)[C@H]3CC[C@]12C. The molecule has 2 heteroatoms. The molecule has 4 aliphatic rings. The van der Waals surface area contributed by atoms with Crippen LogP contribution in [-0.4, -0.2) is 12.1 Å². The van der Waals surface area contributed by atoms with Crippen molar-refractivity contribution in [2.75, 3.05) is 0 Å². The fourth-order valence-corrected chi connectivity index (χ4v) is 9.24. The van der Waals surface area contributed by atoms with E-state index in [9.17, 15) is 4.79 Å². The van der Waals surface area contributed by atoms with Crippen molar-refractivity contribution in [3.05, 3.63) is 36.0 Å². The van der Waals surface area contributed by atoms with Gasteiger partial charge in [-0.2, -0.15) is 0 Å². The largest absolute Gasteiger partial charge is 0.462 e. The lowest BCUT2D eigenvalue weighted by atomic mass is 9.47. The van der Waals surface area contributed by atoms with E-state index >= 15 is 0 Å². The summed E-state index contributed by atoms with van der Waals surface area (Å²) in [6, 6.07) is 0. The molecule has 4 rings (SSSR count). The fourth-order valence-electron chi connectivity index (χ4n) is 9.24. The highest BCUT2D eigenvalue weighted by molar-refractivity contribution is 5.66. The van der Waals surface area contributed by atoms with Crippen molar-refractivity contribution in [1.29, 1.82) is 0 Å². The Morgan fingerprint density at radius 2 is 1.83 bits per heavy atom. The lowest BCUT2D eigenvalue weighted by Gasteiger charge is -2.58. The molecule has 2 nitrogen and oxygen atoms in total. The van der Waals surface area contributed by atoms with Gasteiger partial charge in [0.2, 0.25) is 0 Å². The topological polar surface area (TPSA) is 26.3 Å². The van der Waals surface area contributed by atoms with E-state index in [0.717, 1.165) is 36.5 Å². The van der Waals surface area contributed by atoms with Crippen LogP contribution in [0, 0.1) is 51.8 Å². The maximum atomic E-state index is 11.5. The van der Waals surface area contributed by atoms with Crippen molar-refractivity contribution in [3.63, 3.8) is 0 Å². The predicted octanol–water partition coefficient (Wildman–Crippen LogP) is 8.93. The highest BCUT2D eigenvalue weighted by Crippen LogP contribution is 2.67. The van der Waals surface area contributed by atoms with Gasteiger partial charge in [-0.25, -0.2) is 0 Å². The van der Waals surface area contributed by atoms with Gasteiger partial charge in [0.05, 0.1) is 0 Å². The summed E-state index contributed by atoms with van der Waals surface area (Å²) >= 11 is 0. The van der Waals surface area contributed by atoms with Gasteiger partial charge in [-0.05, 0) is 91.3 Å². The third-order valence-corrected chi connectivity index (χ3v) is 11.4. The zero-order valence-corrected chi connectivity index (χ0v) is 24.0. The van der Waals surface area contributed by atoms with Crippen molar-refractivity contribution >= 4 is 5.97 Å². The quantitative estimate of drug-likeness (QED) is 0.280. The Morgan fingerprint density at radius 1 is 1.11 bits per heavy atom. The maximum Gasteiger partial charge on any atom is 0.302 e. The van der Waals surface area contributed by atoms with Crippen LogP contribution in [-0.2, 0) is 9.53 Å². The molecule has 3 saturated carbocycles. The van der Waals surface area contributed by atoms with Gasteiger partial charge in [0.25, 0.3) is 0 Å². The zero-order valence-electron chi connectivity index (χ0n) is 24.0. The summed E-state index contributed by atoms with van der Waals surface area (Å²) in [7, 11) is 0. The molecule has 0 heterocycles. The van der Waals surface area contributed by atoms with Crippen molar-refractivity contribution in [2.45, 2.75) is 113 Å². The number of esters is 1. The lowest BCUT2D eigenvalue weighted by molar-refractivity contribution is -0.148. The summed E-state index contributed by atoms with van der Waals surface area (Å²) in [4.78, 5) is 11.5. The Hall–Kier alpha value is -1.31. The average Bonchev–Trinajstić information content (AvgIpc) is 3.14. The normalized spacial score (nSPS) is 40.0. The number of carbonyl (C=O) groups excluding carboxylic acids is 1. The second-order valence-electron chi connectivity index (χ2n) is 14.1. The molecule has 8 atom stereocenters. The van der Waals surface area contributed by atoms with Gasteiger partial charge in [-0.1, -0.05) is 84.4 Å². The van der Waals surface area contributed by atoms with E-state index in [1.165, 1.54) is 44.1 Å². The summed E-state index contributed by atoms with van der Waals surface area (Å²) in [6.07, 6.45) is 17.6. The molecule has 0 N–H and O–H groups in total.